The lowest BCUT2D eigenvalue weighted by Crippen LogP contribution is -2.46. The van der Waals surface area contributed by atoms with Gasteiger partial charge >= 0.3 is 0 Å². The number of nitrogens with zero attached hydrogens (tertiary/aromatic N) is 1. The van der Waals surface area contributed by atoms with Gasteiger partial charge in [0.15, 0.2) is 18.6 Å². The van der Waals surface area contributed by atoms with Crippen LogP contribution in [0.4, 0.5) is 0 Å². The lowest BCUT2D eigenvalue weighted by atomic mass is 10.1. The van der Waals surface area contributed by atoms with Gasteiger partial charge in [-0.2, -0.15) is 4.57 Å². The first-order chi connectivity index (χ1) is 7.40. The van der Waals surface area contributed by atoms with Gasteiger partial charge in [0.25, 0.3) is 5.52 Å². The first-order valence-corrected chi connectivity index (χ1v) is 6.54. The molecule has 1 aromatic carbocycles. The zero-order valence-electron chi connectivity index (χ0n) is 8.19. The van der Waals surface area contributed by atoms with Gasteiger partial charge in [-0.3, -0.25) is 0 Å². The Morgan fingerprint density at radius 3 is 3.07 bits per heavy atom. The van der Waals surface area contributed by atoms with Gasteiger partial charge in [0, 0.05) is 6.07 Å². The molecule has 0 radical (unpaired) electrons. The van der Waals surface area contributed by atoms with Crippen LogP contribution in [-0.2, 0) is 0 Å². The van der Waals surface area contributed by atoms with Gasteiger partial charge in [0.05, 0.1) is 9.81 Å². The number of hydrogen-bond acceptors (Lipinski definition) is 1. The molecule has 0 N–H and O–H groups in total. The van der Waals surface area contributed by atoms with Crippen molar-refractivity contribution in [1.29, 1.82) is 0 Å². The fraction of sp³-hybridized carbons (Fsp3) is 0.250. The third-order valence-corrected chi connectivity index (χ3v) is 3.83. The van der Waals surface area contributed by atoms with Crippen LogP contribution in [-0.4, -0.2) is 11.0 Å². The second-order valence-electron chi connectivity index (χ2n) is 3.73. The maximum atomic E-state index is 5.77. The number of pyridine rings is 1. The summed E-state index contributed by atoms with van der Waals surface area (Å²) < 4.78 is 9.19. The summed E-state index contributed by atoms with van der Waals surface area (Å²) in [7, 11) is 0. The largest absolute Gasteiger partial charge is 0.480 e. The Kier molecular flexibility index (Phi) is 2.27. The molecule has 1 aliphatic rings. The van der Waals surface area contributed by atoms with Crippen LogP contribution in [0.3, 0.4) is 0 Å². The molecule has 0 bridgehead atoms. The van der Waals surface area contributed by atoms with Gasteiger partial charge in [-0.15, -0.1) is 0 Å². The topological polar surface area (TPSA) is 13.1 Å². The summed E-state index contributed by atoms with van der Waals surface area (Å²) in [5.41, 5.74) is 1.23. The maximum Gasteiger partial charge on any atom is 0.255 e. The van der Waals surface area contributed by atoms with Gasteiger partial charge in [-0.1, -0.05) is 28.7 Å². The van der Waals surface area contributed by atoms with Crippen LogP contribution in [0.2, 0.25) is 0 Å². The van der Waals surface area contributed by atoms with E-state index in [2.05, 4.69) is 51.6 Å². The van der Waals surface area contributed by atoms with E-state index in [1.807, 2.05) is 12.1 Å². The molecular weight excluding hydrogens is 301 g/mol. The van der Waals surface area contributed by atoms with Crippen LogP contribution in [0.15, 0.2) is 36.5 Å². The third kappa shape index (κ3) is 1.40. The highest BCUT2D eigenvalue weighted by Gasteiger charge is 2.28. The predicted molar refractivity (Wildman–Crippen MR) is 67.6 cm³/mol. The fourth-order valence-corrected chi connectivity index (χ4v) is 2.75. The highest BCUT2D eigenvalue weighted by atomic mass is 127. The number of rotatable bonds is 1. The van der Waals surface area contributed by atoms with Crippen molar-refractivity contribution < 1.29 is 9.30 Å². The van der Waals surface area contributed by atoms with E-state index in [0.29, 0.717) is 6.04 Å². The summed E-state index contributed by atoms with van der Waals surface area (Å²) in [5, 5.41) is 1.25. The summed E-state index contributed by atoms with van der Waals surface area (Å²) in [6, 6.07) is 10.9. The smallest absolute Gasteiger partial charge is 0.255 e. The van der Waals surface area contributed by atoms with E-state index in [0.717, 1.165) is 16.8 Å². The molecule has 0 saturated heterocycles. The van der Waals surface area contributed by atoms with E-state index < -0.39 is 0 Å². The van der Waals surface area contributed by atoms with Crippen molar-refractivity contribution >= 4 is 33.5 Å². The van der Waals surface area contributed by atoms with Crippen molar-refractivity contribution in [3.05, 3.63) is 36.5 Å². The zero-order chi connectivity index (χ0) is 10.3. The van der Waals surface area contributed by atoms with Gasteiger partial charge in [0.1, 0.15) is 0 Å². The van der Waals surface area contributed by atoms with E-state index in [4.69, 9.17) is 4.74 Å². The van der Waals surface area contributed by atoms with E-state index in [1.54, 1.807) is 0 Å². The van der Waals surface area contributed by atoms with E-state index >= 15 is 0 Å². The molecule has 1 aromatic heterocycles. The normalized spacial score (nSPS) is 18.9. The molecule has 0 saturated carbocycles. The van der Waals surface area contributed by atoms with Crippen LogP contribution >= 0.6 is 22.6 Å². The van der Waals surface area contributed by atoms with E-state index in [9.17, 15) is 0 Å². The van der Waals surface area contributed by atoms with Crippen molar-refractivity contribution in [3.63, 3.8) is 0 Å². The quantitative estimate of drug-likeness (QED) is 0.448. The average Bonchev–Trinajstić information content (AvgIpc) is 2.30. The molecule has 2 heterocycles. The minimum absolute atomic E-state index is 0.462. The van der Waals surface area contributed by atoms with Crippen molar-refractivity contribution in [2.24, 2.45) is 0 Å². The molecule has 1 unspecified atom stereocenters. The Hall–Kier alpha value is -0.840. The lowest BCUT2D eigenvalue weighted by molar-refractivity contribution is -0.698. The Labute approximate surface area is 102 Å². The van der Waals surface area contributed by atoms with Crippen LogP contribution in [0, 0.1) is 0 Å². The third-order valence-electron chi connectivity index (χ3n) is 2.81. The van der Waals surface area contributed by atoms with Gasteiger partial charge < -0.3 is 4.74 Å². The summed E-state index contributed by atoms with van der Waals surface area (Å²) in [5.74, 6) is 1.01. The van der Waals surface area contributed by atoms with Gasteiger partial charge in [-0.05, 0) is 18.2 Å². The maximum absolute atomic E-state index is 5.77. The molecule has 0 fully saturated rings. The van der Waals surface area contributed by atoms with Crippen molar-refractivity contribution in [3.8, 4) is 5.75 Å². The Morgan fingerprint density at radius 1 is 1.33 bits per heavy atom. The number of aromatic nitrogens is 1. The minimum atomic E-state index is 0.462. The van der Waals surface area contributed by atoms with Crippen molar-refractivity contribution in [2.75, 3.05) is 11.0 Å². The highest BCUT2D eigenvalue weighted by molar-refractivity contribution is 14.1. The molecular formula is C12H11INO+. The van der Waals surface area contributed by atoms with Crippen molar-refractivity contribution in [1.82, 2.24) is 0 Å². The molecule has 1 aliphatic heterocycles. The average molecular weight is 312 g/mol. The molecule has 0 amide bonds. The van der Waals surface area contributed by atoms with Crippen LogP contribution in [0.5, 0.6) is 5.75 Å². The summed E-state index contributed by atoms with van der Waals surface area (Å²) in [4.78, 5) is 0. The molecule has 0 aliphatic carbocycles. The predicted octanol–water partition coefficient (Wildman–Crippen LogP) is 2.50. The molecule has 76 valence electrons. The second-order valence-corrected chi connectivity index (χ2v) is 4.61. The summed E-state index contributed by atoms with van der Waals surface area (Å²) in [6.45, 7) is 0.781. The zero-order valence-corrected chi connectivity index (χ0v) is 10.3. The number of ether oxygens (including phenoxy) is 1. The number of para-hydroxylation sites is 1. The molecule has 15 heavy (non-hydrogen) atoms. The molecule has 3 rings (SSSR count). The number of halogens is 1. The Bertz CT molecular complexity index is 507. The Balaban J connectivity index is 2.36. The first kappa shape index (κ1) is 9.39. The van der Waals surface area contributed by atoms with E-state index in [1.165, 1.54) is 10.9 Å². The summed E-state index contributed by atoms with van der Waals surface area (Å²) in [6.07, 6.45) is 2.15. The SMILES string of the molecule is ICC1COc2cccc3ccc[n+]1c23. The van der Waals surface area contributed by atoms with Gasteiger partial charge in [0.2, 0.25) is 6.04 Å². The van der Waals surface area contributed by atoms with Crippen LogP contribution < -0.4 is 9.30 Å². The second kappa shape index (κ2) is 3.63. The molecule has 2 aromatic rings. The molecule has 1 atom stereocenters. The van der Waals surface area contributed by atoms with Crippen LogP contribution in [0.1, 0.15) is 6.04 Å². The molecule has 0 spiro atoms. The monoisotopic (exact) mass is 312 g/mol. The first-order valence-electron chi connectivity index (χ1n) is 5.02. The number of alkyl halides is 1. The minimum Gasteiger partial charge on any atom is -0.480 e. The fourth-order valence-electron chi connectivity index (χ4n) is 2.07. The Morgan fingerprint density at radius 2 is 2.20 bits per heavy atom. The van der Waals surface area contributed by atoms with Crippen LogP contribution in [0.25, 0.3) is 10.9 Å². The molecule has 3 heteroatoms. The molecule has 2 nitrogen and oxygen atoms in total. The summed E-state index contributed by atoms with van der Waals surface area (Å²) >= 11 is 2.41. The highest BCUT2D eigenvalue weighted by Crippen LogP contribution is 2.27. The van der Waals surface area contributed by atoms with Crippen molar-refractivity contribution in [2.45, 2.75) is 6.04 Å². The lowest BCUT2D eigenvalue weighted by Gasteiger charge is -2.19. The number of benzene rings is 1. The van der Waals surface area contributed by atoms with Gasteiger partial charge in [-0.25, -0.2) is 0 Å². The number of hydrogen-bond donors (Lipinski definition) is 0. The standard InChI is InChI=1S/C12H11INO/c13-7-10-8-15-11-5-1-3-9-4-2-6-14(10)12(9)11/h1-6,10H,7-8H2/q+1. The van der Waals surface area contributed by atoms with E-state index in [-0.39, 0.29) is 0 Å².